The second-order valence-corrected chi connectivity index (χ2v) is 5.21. The van der Waals surface area contributed by atoms with Crippen LogP contribution in [0.4, 0.5) is 0 Å². The summed E-state index contributed by atoms with van der Waals surface area (Å²) in [5.74, 6) is -0.214. The average molecular weight is 336 g/mol. The molecule has 6 nitrogen and oxygen atoms in total. The lowest BCUT2D eigenvalue weighted by atomic mass is 10.1. The Kier molecular flexibility index (Phi) is 6.31. The molecular formula is C16H18ClN3O3. The van der Waals surface area contributed by atoms with Crippen LogP contribution in [-0.4, -0.2) is 35.4 Å². The zero-order valence-corrected chi connectivity index (χ0v) is 13.5. The molecule has 0 saturated heterocycles. The molecule has 0 radical (unpaired) electrons. The lowest BCUT2D eigenvalue weighted by Crippen LogP contribution is -2.33. The molecule has 23 heavy (non-hydrogen) atoms. The topological polar surface area (TPSA) is 73.2 Å². The SMILES string of the molecule is CCOCC(=O)NCCn1nc(-c2ccc(Cl)cc2)ccc1=O. The lowest BCUT2D eigenvalue weighted by Gasteiger charge is -2.08. The maximum atomic E-state index is 11.8. The minimum absolute atomic E-state index is 0.0175. The highest BCUT2D eigenvalue weighted by Gasteiger charge is 2.05. The summed E-state index contributed by atoms with van der Waals surface area (Å²) in [7, 11) is 0. The number of amides is 1. The van der Waals surface area contributed by atoms with Crippen LogP contribution < -0.4 is 10.9 Å². The fraction of sp³-hybridized carbons (Fsp3) is 0.312. The van der Waals surface area contributed by atoms with Gasteiger partial charge in [-0.3, -0.25) is 9.59 Å². The van der Waals surface area contributed by atoms with Crippen LogP contribution in [0, 0.1) is 0 Å². The molecule has 0 unspecified atom stereocenters. The van der Waals surface area contributed by atoms with E-state index in [-0.39, 0.29) is 24.6 Å². The third-order valence-electron chi connectivity index (χ3n) is 3.09. The number of rotatable bonds is 7. The highest BCUT2D eigenvalue weighted by atomic mass is 35.5. The normalized spacial score (nSPS) is 10.5. The number of aromatic nitrogens is 2. The standard InChI is InChI=1S/C16H18ClN3O3/c1-2-23-11-15(21)18-9-10-20-16(22)8-7-14(19-20)12-3-5-13(17)6-4-12/h3-8H,2,9-11H2,1H3,(H,18,21). The van der Waals surface area contributed by atoms with Crippen molar-refractivity contribution in [2.24, 2.45) is 0 Å². The summed E-state index contributed by atoms with van der Waals surface area (Å²) in [6, 6.07) is 10.3. The van der Waals surface area contributed by atoms with Gasteiger partial charge in [-0.2, -0.15) is 5.10 Å². The predicted octanol–water partition coefficient (Wildman–Crippen LogP) is 1.72. The number of hydrogen-bond donors (Lipinski definition) is 1. The van der Waals surface area contributed by atoms with Crippen molar-refractivity contribution in [3.8, 4) is 11.3 Å². The van der Waals surface area contributed by atoms with E-state index in [9.17, 15) is 9.59 Å². The molecule has 0 atom stereocenters. The molecule has 0 fully saturated rings. The van der Waals surface area contributed by atoms with Crippen molar-refractivity contribution in [2.45, 2.75) is 13.5 Å². The average Bonchev–Trinajstić information content (AvgIpc) is 2.55. The van der Waals surface area contributed by atoms with Crippen molar-refractivity contribution in [1.82, 2.24) is 15.1 Å². The van der Waals surface area contributed by atoms with Crippen molar-refractivity contribution in [3.63, 3.8) is 0 Å². The van der Waals surface area contributed by atoms with Crippen LogP contribution in [0.15, 0.2) is 41.2 Å². The van der Waals surface area contributed by atoms with E-state index in [0.29, 0.717) is 23.9 Å². The van der Waals surface area contributed by atoms with Crippen LogP contribution >= 0.6 is 11.6 Å². The van der Waals surface area contributed by atoms with Gasteiger partial charge in [0.1, 0.15) is 6.61 Å². The summed E-state index contributed by atoms with van der Waals surface area (Å²) in [4.78, 5) is 23.3. The van der Waals surface area contributed by atoms with Crippen LogP contribution in [-0.2, 0) is 16.1 Å². The number of carbonyl (C=O) groups is 1. The summed E-state index contributed by atoms with van der Waals surface area (Å²) >= 11 is 5.86. The quantitative estimate of drug-likeness (QED) is 0.836. The first-order chi connectivity index (χ1) is 11.1. The number of hydrogen-bond acceptors (Lipinski definition) is 4. The largest absolute Gasteiger partial charge is 0.372 e. The first-order valence-electron chi connectivity index (χ1n) is 7.28. The summed E-state index contributed by atoms with van der Waals surface area (Å²) < 4.78 is 6.33. The molecular weight excluding hydrogens is 318 g/mol. The van der Waals surface area contributed by atoms with Gasteiger partial charge in [-0.05, 0) is 25.1 Å². The molecule has 2 rings (SSSR count). The molecule has 1 aromatic carbocycles. The monoisotopic (exact) mass is 335 g/mol. The Morgan fingerprint density at radius 2 is 2.00 bits per heavy atom. The first-order valence-corrected chi connectivity index (χ1v) is 7.66. The molecule has 2 aromatic rings. The first kappa shape index (κ1) is 17.2. The maximum absolute atomic E-state index is 11.8. The van der Waals surface area contributed by atoms with Crippen molar-refractivity contribution < 1.29 is 9.53 Å². The second kappa shape index (κ2) is 8.45. The van der Waals surface area contributed by atoms with Gasteiger partial charge in [0.05, 0.1) is 12.2 Å². The third-order valence-corrected chi connectivity index (χ3v) is 3.34. The summed E-state index contributed by atoms with van der Waals surface area (Å²) in [5, 5.41) is 7.63. The van der Waals surface area contributed by atoms with Crippen LogP contribution in [0.2, 0.25) is 5.02 Å². The van der Waals surface area contributed by atoms with Crippen molar-refractivity contribution >= 4 is 17.5 Å². The van der Waals surface area contributed by atoms with Gasteiger partial charge in [-0.1, -0.05) is 23.7 Å². The third kappa shape index (κ3) is 5.19. The Morgan fingerprint density at radius 1 is 1.26 bits per heavy atom. The molecule has 122 valence electrons. The van der Waals surface area contributed by atoms with E-state index >= 15 is 0 Å². The lowest BCUT2D eigenvalue weighted by molar-refractivity contribution is -0.125. The van der Waals surface area contributed by atoms with Gasteiger partial charge in [0.25, 0.3) is 5.56 Å². The molecule has 1 aromatic heterocycles. The van der Waals surface area contributed by atoms with E-state index in [1.54, 1.807) is 18.2 Å². The number of halogens is 1. The van der Waals surface area contributed by atoms with E-state index < -0.39 is 0 Å². The van der Waals surface area contributed by atoms with Crippen LogP contribution in [0.1, 0.15) is 6.92 Å². The number of ether oxygens (including phenoxy) is 1. The molecule has 0 saturated carbocycles. The minimum atomic E-state index is -0.221. The van der Waals surface area contributed by atoms with Gasteiger partial charge >= 0.3 is 0 Å². The van der Waals surface area contributed by atoms with E-state index in [1.165, 1.54) is 10.7 Å². The summed E-state index contributed by atoms with van der Waals surface area (Å²) in [6.45, 7) is 2.92. The van der Waals surface area contributed by atoms with Crippen LogP contribution in [0.3, 0.4) is 0 Å². The Hall–Kier alpha value is -2.18. The Balaban J connectivity index is 2.02. The maximum Gasteiger partial charge on any atom is 0.266 e. The molecule has 1 N–H and O–H groups in total. The van der Waals surface area contributed by atoms with Crippen LogP contribution in [0.5, 0.6) is 0 Å². The van der Waals surface area contributed by atoms with Crippen molar-refractivity contribution in [2.75, 3.05) is 19.8 Å². The fourth-order valence-electron chi connectivity index (χ4n) is 1.93. The number of benzene rings is 1. The molecule has 0 aliphatic carbocycles. The molecule has 7 heteroatoms. The fourth-order valence-corrected chi connectivity index (χ4v) is 2.06. The Morgan fingerprint density at radius 3 is 2.70 bits per heavy atom. The number of carbonyl (C=O) groups excluding carboxylic acids is 1. The molecule has 1 amide bonds. The Bertz CT molecular complexity index is 713. The second-order valence-electron chi connectivity index (χ2n) is 4.77. The highest BCUT2D eigenvalue weighted by molar-refractivity contribution is 6.30. The summed E-state index contributed by atoms with van der Waals surface area (Å²) in [6.07, 6.45) is 0. The molecule has 0 aliphatic rings. The van der Waals surface area contributed by atoms with Gasteiger partial charge < -0.3 is 10.1 Å². The molecule has 0 bridgehead atoms. The predicted molar refractivity (Wildman–Crippen MR) is 88.4 cm³/mol. The van der Waals surface area contributed by atoms with Crippen molar-refractivity contribution in [3.05, 3.63) is 51.8 Å². The van der Waals surface area contributed by atoms with E-state index in [2.05, 4.69) is 10.4 Å². The van der Waals surface area contributed by atoms with E-state index in [0.717, 1.165) is 5.56 Å². The zero-order chi connectivity index (χ0) is 16.7. The van der Waals surface area contributed by atoms with Crippen LogP contribution in [0.25, 0.3) is 11.3 Å². The van der Waals surface area contributed by atoms with E-state index in [4.69, 9.17) is 16.3 Å². The Labute approximate surface area is 139 Å². The smallest absolute Gasteiger partial charge is 0.266 e. The zero-order valence-electron chi connectivity index (χ0n) is 12.8. The van der Waals surface area contributed by atoms with Gasteiger partial charge in [0, 0.05) is 29.8 Å². The van der Waals surface area contributed by atoms with Gasteiger partial charge in [0.15, 0.2) is 0 Å². The molecule has 0 spiro atoms. The molecule has 0 aliphatic heterocycles. The summed E-state index contributed by atoms with van der Waals surface area (Å²) in [5.41, 5.74) is 1.31. The van der Waals surface area contributed by atoms with E-state index in [1.807, 2.05) is 19.1 Å². The number of nitrogens with one attached hydrogen (secondary N) is 1. The number of nitrogens with zero attached hydrogens (tertiary/aromatic N) is 2. The van der Waals surface area contributed by atoms with Gasteiger partial charge in [-0.15, -0.1) is 0 Å². The molecule has 1 heterocycles. The highest BCUT2D eigenvalue weighted by Crippen LogP contribution is 2.18. The van der Waals surface area contributed by atoms with Gasteiger partial charge in [-0.25, -0.2) is 4.68 Å². The minimum Gasteiger partial charge on any atom is -0.372 e. The van der Waals surface area contributed by atoms with Gasteiger partial charge in [0.2, 0.25) is 5.91 Å². The van der Waals surface area contributed by atoms with Crippen molar-refractivity contribution in [1.29, 1.82) is 0 Å².